The van der Waals surface area contributed by atoms with Crippen LogP contribution in [-0.4, -0.2) is 16.9 Å². The molecule has 2 N–H and O–H groups in total. The molecule has 0 bridgehead atoms. The van der Waals surface area contributed by atoms with Crippen LogP contribution in [0.1, 0.15) is 49.8 Å². The van der Waals surface area contributed by atoms with E-state index >= 15 is 0 Å². The molecule has 2 aromatic carbocycles. The fraction of sp³-hybridized carbons (Fsp3) is 0.429. The Morgan fingerprint density at radius 1 is 1.08 bits per heavy atom. The van der Waals surface area contributed by atoms with Crippen LogP contribution in [0.25, 0.3) is 0 Å². The number of hydrogen-bond donors (Lipinski definition) is 2. The highest BCUT2D eigenvalue weighted by Crippen LogP contribution is 2.32. The SMILES string of the molecule is C[C@H](NC1CCCCC1(O)OCc1ccccc1)c1ccccc1. The van der Waals surface area contributed by atoms with Crippen molar-refractivity contribution in [2.75, 3.05) is 0 Å². The van der Waals surface area contributed by atoms with Gasteiger partial charge in [-0.15, -0.1) is 0 Å². The highest BCUT2D eigenvalue weighted by Gasteiger charge is 2.40. The second-order valence-corrected chi connectivity index (χ2v) is 6.72. The van der Waals surface area contributed by atoms with Crippen LogP contribution < -0.4 is 5.32 Å². The van der Waals surface area contributed by atoms with E-state index in [0.29, 0.717) is 13.0 Å². The molecule has 3 atom stereocenters. The maximum atomic E-state index is 11.1. The van der Waals surface area contributed by atoms with E-state index in [2.05, 4.69) is 24.4 Å². The Morgan fingerprint density at radius 3 is 2.46 bits per heavy atom. The van der Waals surface area contributed by atoms with Crippen LogP contribution in [0.2, 0.25) is 0 Å². The van der Waals surface area contributed by atoms with Crippen molar-refractivity contribution in [2.45, 2.75) is 57.1 Å². The second-order valence-electron chi connectivity index (χ2n) is 6.72. The highest BCUT2D eigenvalue weighted by molar-refractivity contribution is 5.18. The first-order valence-corrected chi connectivity index (χ1v) is 8.89. The van der Waals surface area contributed by atoms with Crippen LogP contribution in [0.3, 0.4) is 0 Å². The molecule has 3 rings (SSSR count). The van der Waals surface area contributed by atoms with Gasteiger partial charge in [0.15, 0.2) is 5.79 Å². The van der Waals surface area contributed by atoms with Gasteiger partial charge in [-0.3, -0.25) is 0 Å². The van der Waals surface area contributed by atoms with E-state index in [0.717, 1.165) is 24.8 Å². The summed E-state index contributed by atoms with van der Waals surface area (Å²) >= 11 is 0. The quantitative estimate of drug-likeness (QED) is 0.783. The van der Waals surface area contributed by atoms with Crippen molar-refractivity contribution in [3.63, 3.8) is 0 Å². The predicted molar refractivity (Wildman–Crippen MR) is 96.4 cm³/mol. The van der Waals surface area contributed by atoms with Gasteiger partial charge in [0.25, 0.3) is 0 Å². The molecule has 0 amide bonds. The van der Waals surface area contributed by atoms with Gasteiger partial charge in [-0.1, -0.05) is 67.1 Å². The lowest BCUT2D eigenvalue weighted by Gasteiger charge is -2.41. The van der Waals surface area contributed by atoms with E-state index in [1.54, 1.807) is 0 Å². The van der Waals surface area contributed by atoms with Gasteiger partial charge >= 0.3 is 0 Å². The van der Waals surface area contributed by atoms with Crippen LogP contribution >= 0.6 is 0 Å². The molecule has 1 aliphatic carbocycles. The first-order valence-electron chi connectivity index (χ1n) is 8.89. The lowest BCUT2D eigenvalue weighted by Crippen LogP contribution is -2.55. The fourth-order valence-electron chi connectivity index (χ4n) is 3.44. The molecule has 2 aromatic rings. The third-order valence-electron chi connectivity index (χ3n) is 4.90. The fourth-order valence-corrected chi connectivity index (χ4v) is 3.44. The smallest absolute Gasteiger partial charge is 0.181 e. The molecule has 24 heavy (non-hydrogen) atoms. The number of rotatable bonds is 6. The normalized spacial score (nSPS) is 25.3. The van der Waals surface area contributed by atoms with Crippen LogP contribution in [0.4, 0.5) is 0 Å². The van der Waals surface area contributed by atoms with Gasteiger partial charge in [0.1, 0.15) is 0 Å². The Labute approximate surface area is 144 Å². The van der Waals surface area contributed by atoms with Crippen molar-refractivity contribution in [3.8, 4) is 0 Å². The van der Waals surface area contributed by atoms with Crippen molar-refractivity contribution in [2.24, 2.45) is 0 Å². The summed E-state index contributed by atoms with van der Waals surface area (Å²) in [6.07, 6.45) is 3.74. The van der Waals surface area contributed by atoms with Crippen LogP contribution in [-0.2, 0) is 11.3 Å². The van der Waals surface area contributed by atoms with Gasteiger partial charge in [-0.05, 0) is 30.9 Å². The van der Waals surface area contributed by atoms with E-state index in [4.69, 9.17) is 4.74 Å². The van der Waals surface area contributed by atoms with Crippen molar-refractivity contribution in [1.29, 1.82) is 0 Å². The van der Waals surface area contributed by atoms with Crippen molar-refractivity contribution in [3.05, 3.63) is 71.8 Å². The zero-order chi connectivity index (χ0) is 16.8. The number of hydrogen-bond acceptors (Lipinski definition) is 3. The molecule has 0 aliphatic heterocycles. The van der Waals surface area contributed by atoms with Crippen molar-refractivity contribution in [1.82, 2.24) is 5.32 Å². The first kappa shape index (κ1) is 17.2. The van der Waals surface area contributed by atoms with Crippen molar-refractivity contribution >= 4 is 0 Å². The summed E-state index contributed by atoms with van der Waals surface area (Å²) in [5, 5.41) is 14.7. The summed E-state index contributed by atoms with van der Waals surface area (Å²) in [4.78, 5) is 0. The summed E-state index contributed by atoms with van der Waals surface area (Å²) in [6, 6.07) is 20.5. The van der Waals surface area contributed by atoms with Gasteiger partial charge in [0.05, 0.1) is 12.6 Å². The summed E-state index contributed by atoms with van der Waals surface area (Å²) < 4.78 is 6.00. The molecule has 0 radical (unpaired) electrons. The number of aliphatic hydroxyl groups is 1. The van der Waals surface area contributed by atoms with E-state index in [9.17, 15) is 5.11 Å². The zero-order valence-corrected chi connectivity index (χ0v) is 14.3. The Kier molecular flexibility index (Phi) is 5.67. The maximum Gasteiger partial charge on any atom is 0.181 e. The second kappa shape index (κ2) is 7.93. The Hall–Kier alpha value is -1.68. The van der Waals surface area contributed by atoms with Gasteiger partial charge in [0, 0.05) is 12.5 Å². The summed E-state index contributed by atoms with van der Waals surface area (Å²) in [6.45, 7) is 2.58. The van der Waals surface area contributed by atoms with Crippen LogP contribution in [0.15, 0.2) is 60.7 Å². The maximum absolute atomic E-state index is 11.1. The average molecular weight is 325 g/mol. The average Bonchev–Trinajstić information content (AvgIpc) is 2.64. The largest absolute Gasteiger partial charge is 0.364 e. The van der Waals surface area contributed by atoms with Gasteiger partial charge in [-0.2, -0.15) is 0 Å². The molecule has 1 saturated carbocycles. The first-order chi connectivity index (χ1) is 11.7. The monoisotopic (exact) mass is 325 g/mol. The van der Waals surface area contributed by atoms with E-state index in [1.165, 1.54) is 5.56 Å². The zero-order valence-electron chi connectivity index (χ0n) is 14.3. The summed E-state index contributed by atoms with van der Waals surface area (Å²) in [5.74, 6) is -1.10. The molecule has 3 heteroatoms. The van der Waals surface area contributed by atoms with Crippen LogP contribution in [0, 0.1) is 0 Å². The number of nitrogens with one attached hydrogen (secondary N) is 1. The van der Waals surface area contributed by atoms with Crippen molar-refractivity contribution < 1.29 is 9.84 Å². The van der Waals surface area contributed by atoms with Gasteiger partial charge in [-0.25, -0.2) is 0 Å². The minimum absolute atomic E-state index is 0.0508. The van der Waals surface area contributed by atoms with Crippen LogP contribution in [0.5, 0.6) is 0 Å². The molecule has 0 heterocycles. The molecule has 2 unspecified atom stereocenters. The lowest BCUT2D eigenvalue weighted by atomic mass is 9.88. The molecular formula is C21H27NO2. The molecule has 0 spiro atoms. The summed E-state index contributed by atoms with van der Waals surface area (Å²) in [5.41, 5.74) is 2.32. The molecule has 128 valence electrons. The minimum Gasteiger partial charge on any atom is -0.364 e. The number of benzene rings is 2. The summed E-state index contributed by atoms with van der Waals surface area (Å²) in [7, 11) is 0. The molecular weight excluding hydrogens is 298 g/mol. The van der Waals surface area contributed by atoms with Gasteiger partial charge < -0.3 is 15.2 Å². The molecule has 0 saturated heterocycles. The lowest BCUT2D eigenvalue weighted by molar-refractivity contribution is -0.243. The topological polar surface area (TPSA) is 41.5 Å². The van der Waals surface area contributed by atoms with E-state index in [-0.39, 0.29) is 12.1 Å². The Morgan fingerprint density at radius 2 is 1.75 bits per heavy atom. The molecule has 1 fully saturated rings. The standard InChI is InChI=1S/C21H27NO2/c1-17(19-12-6-3-7-13-19)22-20-14-8-9-15-21(20,23)24-16-18-10-4-2-5-11-18/h2-7,10-13,17,20,22-23H,8-9,14-16H2,1H3/t17-,20?,21?/m0/s1. The number of ether oxygens (including phenoxy) is 1. The third-order valence-corrected chi connectivity index (χ3v) is 4.90. The Bertz CT molecular complexity index is 616. The van der Waals surface area contributed by atoms with Gasteiger partial charge in [0.2, 0.25) is 0 Å². The minimum atomic E-state index is -1.10. The molecule has 0 aromatic heterocycles. The molecule has 1 aliphatic rings. The highest BCUT2D eigenvalue weighted by atomic mass is 16.6. The van der Waals surface area contributed by atoms with E-state index in [1.807, 2.05) is 48.5 Å². The third kappa shape index (κ3) is 4.23. The van der Waals surface area contributed by atoms with E-state index < -0.39 is 5.79 Å². The Balaban J connectivity index is 1.65. The molecule has 3 nitrogen and oxygen atoms in total. The predicted octanol–water partition coefficient (Wildman–Crippen LogP) is 4.19.